The molecular weight excluding hydrogens is 428 g/mol. The Kier molecular flexibility index (Phi) is 6.20. The molecule has 27 heavy (non-hydrogen) atoms. The Bertz CT molecular complexity index is 953. The van der Waals surface area contributed by atoms with Gasteiger partial charge in [-0.15, -0.1) is 0 Å². The van der Waals surface area contributed by atoms with Crippen molar-refractivity contribution in [2.24, 2.45) is 5.10 Å². The number of aryl methyl sites for hydroxylation is 1. The van der Waals surface area contributed by atoms with E-state index in [1.807, 2.05) is 48.5 Å². The van der Waals surface area contributed by atoms with E-state index < -0.39 is 0 Å². The van der Waals surface area contributed by atoms with Gasteiger partial charge in [-0.25, -0.2) is 10.4 Å². The third-order valence-electron chi connectivity index (χ3n) is 3.60. The number of anilines is 1. The minimum atomic E-state index is -0.326. The van der Waals surface area contributed by atoms with Crippen LogP contribution < -0.4 is 15.9 Å². The van der Waals surface area contributed by atoms with E-state index in [0.717, 1.165) is 32.7 Å². The first-order chi connectivity index (χ1) is 13.0. The molecule has 3 rings (SSSR count). The standard InChI is InChI=1S/C19H17BrN4O2S/c1-12-17(27-19(21)23-12)18(25)24-22-10-13-4-8-16(9-5-13)26-11-14-2-6-15(20)7-3-14/h2-10H,11H2,1H3,(H2,21,23)(H,24,25)/b22-10+. The number of hydrogen-bond donors (Lipinski definition) is 2. The van der Waals surface area contributed by atoms with Crippen molar-refractivity contribution < 1.29 is 9.53 Å². The smallest absolute Gasteiger partial charge is 0.283 e. The number of nitrogens with zero attached hydrogens (tertiary/aromatic N) is 2. The molecule has 0 aliphatic carbocycles. The molecule has 0 aliphatic heterocycles. The summed E-state index contributed by atoms with van der Waals surface area (Å²) in [5, 5.41) is 4.33. The van der Waals surface area contributed by atoms with E-state index in [2.05, 4.69) is 31.4 Å². The molecule has 1 amide bonds. The highest BCUT2D eigenvalue weighted by Gasteiger charge is 2.13. The van der Waals surface area contributed by atoms with Crippen LogP contribution >= 0.6 is 27.3 Å². The van der Waals surface area contributed by atoms with Crippen LogP contribution in [-0.4, -0.2) is 17.1 Å². The number of nitrogens with two attached hydrogens (primary N) is 1. The number of nitrogens with one attached hydrogen (secondary N) is 1. The van der Waals surface area contributed by atoms with Gasteiger partial charge in [0.25, 0.3) is 5.91 Å². The third-order valence-corrected chi connectivity index (χ3v) is 5.11. The Morgan fingerprint density at radius 2 is 1.96 bits per heavy atom. The summed E-state index contributed by atoms with van der Waals surface area (Å²) in [7, 11) is 0. The van der Waals surface area contributed by atoms with Crippen molar-refractivity contribution in [3.63, 3.8) is 0 Å². The summed E-state index contributed by atoms with van der Waals surface area (Å²) < 4.78 is 6.79. The summed E-state index contributed by atoms with van der Waals surface area (Å²) in [6, 6.07) is 15.4. The highest BCUT2D eigenvalue weighted by Crippen LogP contribution is 2.19. The lowest BCUT2D eigenvalue weighted by atomic mass is 10.2. The first-order valence-electron chi connectivity index (χ1n) is 8.05. The zero-order valence-corrected chi connectivity index (χ0v) is 16.9. The molecule has 0 unspecified atom stereocenters. The van der Waals surface area contributed by atoms with Crippen LogP contribution in [0.5, 0.6) is 5.75 Å². The number of hydrazone groups is 1. The lowest BCUT2D eigenvalue weighted by molar-refractivity contribution is 0.0958. The maximum Gasteiger partial charge on any atom is 0.283 e. The molecule has 3 aromatic rings. The van der Waals surface area contributed by atoms with Crippen LogP contribution in [0.3, 0.4) is 0 Å². The number of aromatic nitrogens is 1. The Morgan fingerprint density at radius 1 is 1.26 bits per heavy atom. The van der Waals surface area contributed by atoms with E-state index in [9.17, 15) is 4.79 Å². The van der Waals surface area contributed by atoms with Crippen LogP contribution in [0.4, 0.5) is 5.13 Å². The number of amides is 1. The van der Waals surface area contributed by atoms with Gasteiger partial charge in [0.15, 0.2) is 5.13 Å². The van der Waals surface area contributed by atoms with E-state index in [4.69, 9.17) is 10.5 Å². The molecule has 1 heterocycles. The van der Waals surface area contributed by atoms with Crippen molar-refractivity contribution in [3.05, 3.63) is 74.7 Å². The highest BCUT2D eigenvalue weighted by molar-refractivity contribution is 9.10. The maximum absolute atomic E-state index is 12.0. The molecule has 0 spiro atoms. The fraction of sp³-hybridized carbons (Fsp3) is 0.105. The summed E-state index contributed by atoms with van der Waals surface area (Å²) >= 11 is 4.55. The maximum atomic E-state index is 12.0. The predicted molar refractivity (Wildman–Crippen MR) is 111 cm³/mol. The monoisotopic (exact) mass is 444 g/mol. The number of ether oxygens (including phenoxy) is 1. The topological polar surface area (TPSA) is 89.6 Å². The summed E-state index contributed by atoms with van der Waals surface area (Å²) in [5.41, 5.74) is 10.6. The van der Waals surface area contributed by atoms with Crippen molar-refractivity contribution in [3.8, 4) is 5.75 Å². The van der Waals surface area contributed by atoms with Crippen molar-refractivity contribution >= 4 is 44.5 Å². The van der Waals surface area contributed by atoms with Gasteiger partial charge in [-0.05, 0) is 54.4 Å². The van der Waals surface area contributed by atoms with Gasteiger partial charge in [-0.1, -0.05) is 39.4 Å². The molecule has 3 N–H and O–H groups in total. The molecule has 0 atom stereocenters. The summed E-state index contributed by atoms with van der Waals surface area (Å²) in [5.74, 6) is 0.433. The van der Waals surface area contributed by atoms with Gasteiger partial charge in [0.2, 0.25) is 0 Å². The summed E-state index contributed by atoms with van der Waals surface area (Å²) in [4.78, 5) is 16.5. The van der Waals surface area contributed by atoms with Crippen molar-refractivity contribution in [2.75, 3.05) is 5.73 Å². The molecule has 2 aromatic carbocycles. The number of nitrogen functional groups attached to an aromatic ring is 1. The van der Waals surface area contributed by atoms with E-state index in [1.165, 1.54) is 0 Å². The van der Waals surface area contributed by atoms with E-state index in [1.54, 1.807) is 13.1 Å². The fourth-order valence-corrected chi connectivity index (χ4v) is 3.23. The average Bonchev–Trinajstić information content (AvgIpc) is 3.00. The van der Waals surface area contributed by atoms with Gasteiger partial charge in [-0.3, -0.25) is 4.79 Å². The van der Waals surface area contributed by atoms with Crippen LogP contribution in [0, 0.1) is 6.92 Å². The molecule has 138 valence electrons. The number of thiazole rings is 1. The number of hydrogen-bond acceptors (Lipinski definition) is 6. The van der Waals surface area contributed by atoms with Gasteiger partial charge in [-0.2, -0.15) is 5.10 Å². The third kappa shape index (κ3) is 5.38. The fourth-order valence-electron chi connectivity index (χ4n) is 2.24. The van der Waals surface area contributed by atoms with Crippen molar-refractivity contribution in [2.45, 2.75) is 13.5 Å². The lowest BCUT2D eigenvalue weighted by Gasteiger charge is -2.06. The normalized spacial score (nSPS) is 10.9. The highest BCUT2D eigenvalue weighted by atomic mass is 79.9. The van der Waals surface area contributed by atoms with Crippen LogP contribution in [0.25, 0.3) is 0 Å². The molecule has 0 aliphatic rings. The quantitative estimate of drug-likeness (QED) is 0.441. The molecular formula is C19H17BrN4O2S. The van der Waals surface area contributed by atoms with Crippen LogP contribution in [-0.2, 0) is 6.61 Å². The van der Waals surface area contributed by atoms with Gasteiger partial charge < -0.3 is 10.5 Å². The molecule has 0 radical (unpaired) electrons. The zero-order valence-electron chi connectivity index (χ0n) is 14.5. The number of halogens is 1. The molecule has 0 fully saturated rings. The van der Waals surface area contributed by atoms with E-state index in [-0.39, 0.29) is 5.91 Å². The Labute approximate surface area is 169 Å². The van der Waals surface area contributed by atoms with Crippen molar-refractivity contribution in [1.29, 1.82) is 0 Å². The largest absolute Gasteiger partial charge is 0.489 e. The minimum Gasteiger partial charge on any atom is -0.489 e. The number of carbonyl (C=O) groups excluding carboxylic acids is 1. The molecule has 6 nitrogen and oxygen atoms in total. The molecule has 0 bridgehead atoms. The predicted octanol–water partition coefficient (Wildman–Crippen LogP) is 4.14. The second-order valence-corrected chi connectivity index (χ2v) is 7.60. The van der Waals surface area contributed by atoms with E-state index in [0.29, 0.717) is 22.3 Å². The summed E-state index contributed by atoms with van der Waals surface area (Å²) in [6.07, 6.45) is 1.57. The SMILES string of the molecule is Cc1nc(N)sc1C(=O)N/N=C/c1ccc(OCc2ccc(Br)cc2)cc1. The molecule has 8 heteroatoms. The van der Waals surface area contributed by atoms with Gasteiger partial charge in [0.1, 0.15) is 17.2 Å². The molecule has 0 saturated carbocycles. The van der Waals surface area contributed by atoms with Gasteiger partial charge in [0.05, 0.1) is 11.9 Å². The van der Waals surface area contributed by atoms with Crippen molar-refractivity contribution in [1.82, 2.24) is 10.4 Å². The second kappa shape index (κ2) is 8.79. The lowest BCUT2D eigenvalue weighted by Crippen LogP contribution is -2.17. The van der Waals surface area contributed by atoms with Crippen LogP contribution in [0.15, 0.2) is 58.1 Å². The average molecular weight is 445 g/mol. The van der Waals surface area contributed by atoms with Crippen LogP contribution in [0.2, 0.25) is 0 Å². The van der Waals surface area contributed by atoms with Gasteiger partial charge >= 0.3 is 0 Å². The van der Waals surface area contributed by atoms with Gasteiger partial charge in [0, 0.05) is 4.47 Å². The van der Waals surface area contributed by atoms with Crippen LogP contribution in [0.1, 0.15) is 26.5 Å². The zero-order chi connectivity index (χ0) is 19.2. The Balaban J connectivity index is 1.52. The Hall–Kier alpha value is -2.71. The molecule has 0 saturated heterocycles. The number of carbonyl (C=O) groups is 1. The summed E-state index contributed by atoms with van der Waals surface area (Å²) in [6.45, 7) is 2.23. The number of benzene rings is 2. The Morgan fingerprint density at radius 3 is 2.59 bits per heavy atom. The second-order valence-electron chi connectivity index (χ2n) is 5.65. The van der Waals surface area contributed by atoms with E-state index >= 15 is 0 Å². The first-order valence-corrected chi connectivity index (χ1v) is 9.66. The molecule has 1 aromatic heterocycles. The minimum absolute atomic E-state index is 0.326. The number of rotatable bonds is 6. The first kappa shape index (κ1) is 19.1.